The van der Waals surface area contributed by atoms with Gasteiger partial charge in [0, 0.05) is 43.0 Å². The van der Waals surface area contributed by atoms with Crippen LogP contribution in [0, 0.1) is 6.92 Å². The number of carbonyl (C=O) groups excluding carboxylic acids is 2. The normalized spacial score (nSPS) is 12.1. The van der Waals surface area contributed by atoms with Crippen molar-refractivity contribution in [2.75, 3.05) is 13.7 Å². The SMILES string of the molecule is CCOC(=O)C(C)n1cc(-c2cnc(C)c(-c3cc(-c4ccc(CN(C)C(=O)OC(C)(C)C)cc4)no3)n2)ccc1=O. The van der Waals surface area contributed by atoms with Crippen LogP contribution in [0.3, 0.4) is 0 Å². The predicted octanol–water partition coefficient (Wildman–Crippen LogP) is 5.43. The van der Waals surface area contributed by atoms with E-state index in [4.69, 9.17) is 19.0 Å². The number of esters is 1. The smallest absolute Gasteiger partial charge is 0.410 e. The first-order valence-corrected chi connectivity index (χ1v) is 13.6. The highest BCUT2D eigenvalue weighted by Crippen LogP contribution is 2.28. The quantitative estimate of drug-likeness (QED) is 0.253. The summed E-state index contributed by atoms with van der Waals surface area (Å²) in [5.74, 6) is -0.0662. The maximum absolute atomic E-state index is 12.5. The standard InChI is InChI=1S/C31H35N5O6/c1-8-40-29(38)20(3)36-18-23(13-14-27(36)37)25-16-32-19(2)28(33-25)26-15-24(34-42-26)22-11-9-21(10-12-22)17-35(7)30(39)41-31(4,5)6/h9-16,18,20H,8,17H2,1-7H3. The summed E-state index contributed by atoms with van der Waals surface area (Å²) < 4.78 is 17.5. The van der Waals surface area contributed by atoms with Crippen LogP contribution in [0.1, 0.15) is 51.9 Å². The molecule has 0 N–H and O–H groups in total. The average molecular weight is 574 g/mol. The number of hydrogen-bond acceptors (Lipinski definition) is 9. The number of rotatable bonds is 8. The summed E-state index contributed by atoms with van der Waals surface area (Å²) in [4.78, 5) is 47.7. The van der Waals surface area contributed by atoms with E-state index >= 15 is 0 Å². The topological polar surface area (TPSA) is 130 Å². The molecule has 11 nitrogen and oxygen atoms in total. The molecule has 1 aromatic carbocycles. The van der Waals surface area contributed by atoms with E-state index in [9.17, 15) is 14.4 Å². The molecule has 42 heavy (non-hydrogen) atoms. The Kier molecular flexibility index (Phi) is 8.89. The number of hydrogen-bond donors (Lipinski definition) is 0. The number of ether oxygens (including phenoxy) is 2. The molecule has 3 heterocycles. The van der Waals surface area contributed by atoms with Gasteiger partial charge in [0.1, 0.15) is 23.0 Å². The summed E-state index contributed by atoms with van der Waals surface area (Å²) in [5, 5.41) is 4.23. The molecule has 220 valence electrons. The first-order chi connectivity index (χ1) is 19.9. The molecule has 1 amide bonds. The lowest BCUT2D eigenvalue weighted by Gasteiger charge is -2.24. The monoisotopic (exact) mass is 573 g/mol. The van der Waals surface area contributed by atoms with Crippen molar-refractivity contribution in [3.05, 3.63) is 76.5 Å². The fourth-order valence-corrected chi connectivity index (χ4v) is 4.14. The summed E-state index contributed by atoms with van der Waals surface area (Å²) in [6, 6.07) is 11.7. The average Bonchev–Trinajstić information content (AvgIpc) is 3.43. The van der Waals surface area contributed by atoms with E-state index in [-0.39, 0.29) is 12.2 Å². The highest BCUT2D eigenvalue weighted by Gasteiger charge is 2.21. The number of aromatic nitrogens is 4. The molecule has 11 heteroatoms. The Labute approximate surface area is 244 Å². The third kappa shape index (κ3) is 7.09. The Morgan fingerprint density at radius 1 is 1.07 bits per heavy atom. The van der Waals surface area contributed by atoms with Crippen LogP contribution < -0.4 is 5.56 Å². The van der Waals surface area contributed by atoms with Gasteiger partial charge >= 0.3 is 12.1 Å². The molecule has 0 fully saturated rings. The number of carbonyl (C=O) groups is 2. The lowest BCUT2D eigenvalue weighted by Crippen LogP contribution is -2.33. The number of pyridine rings is 1. The van der Waals surface area contributed by atoms with Gasteiger partial charge in [-0.1, -0.05) is 29.4 Å². The zero-order valence-corrected chi connectivity index (χ0v) is 24.9. The number of amides is 1. The van der Waals surface area contributed by atoms with Crippen LogP contribution in [-0.2, 0) is 20.8 Å². The van der Waals surface area contributed by atoms with E-state index < -0.39 is 23.7 Å². The number of benzene rings is 1. The molecule has 0 saturated heterocycles. The van der Waals surface area contributed by atoms with E-state index in [0.29, 0.717) is 40.6 Å². The zero-order valence-electron chi connectivity index (χ0n) is 24.9. The van der Waals surface area contributed by atoms with Crippen molar-refractivity contribution in [1.82, 2.24) is 24.6 Å². The number of nitrogens with zero attached hydrogens (tertiary/aromatic N) is 5. The Morgan fingerprint density at radius 3 is 2.43 bits per heavy atom. The predicted molar refractivity (Wildman–Crippen MR) is 156 cm³/mol. The maximum atomic E-state index is 12.5. The summed E-state index contributed by atoms with van der Waals surface area (Å²) >= 11 is 0. The molecule has 0 spiro atoms. The van der Waals surface area contributed by atoms with Gasteiger partial charge in [0.2, 0.25) is 0 Å². The number of aryl methyl sites for hydroxylation is 1. The van der Waals surface area contributed by atoms with Crippen molar-refractivity contribution in [3.63, 3.8) is 0 Å². The van der Waals surface area contributed by atoms with E-state index in [0.717, 1.165) is 11.1 Å². The van der Waals surface area contributed by atoms with Gasteiger partial charge < -0.3 is 23.5 Å². The summed E-state index contributed by atoms with van der Waals surface area (Å²) in [6.45, 7) is 11.2. The Morgan fingerprint density at radius 2 is 1.76 bits per heavy atom. The minimum atomic E-state index is -0.795. The second kappa shape index (κ2) is 12.4. The van der Waals surface area contributed by atoms with Crippen LogP contribution >= 0.6 is 0 Å². The maximum Gasteiger partial charge on any atom is 0.410 e. The molecule has 0 aliphatic heterocycles. The van der Waals surface area contributed by atoms with Crippen LogP contribution in [0.15, 0.2) is 64.2 Å². The Balaban J connectivity index is 1.54. The van der Waals surface area contributed by atoms with Crippen LogP contribution in [-0.4, -0.2) is 55.9 Å². The first-order valence-electron chi connectivity index (χ1n) is 13.6. The minimum Gasteiger partial charge on any atom is -0.464 e. The molecule has 0 radical (unpaired) electrons. The van der Waals surface area contributed by atoms with Crippen LogP contribution in [0.4, 0.5) is 4.79 Å². The van der Waals surface area contributed by atoms with Gasteiger partial charge in [-0.2, -0.15) is 0 Å². The van der Waals surface area contributed by atoms with Crippen molar-refractivity contribution in [2.24, 2.45) is 0 Å². The zero-order chi connectivity index (χ0) is 30.6. The van der Waals surface area contributed by atoms with Gasteiger partial charge in [0.05, 0.1) is 24.2 Å². The van der Waals surface area contributed by atoms with Gasteiger partial charge in [-0.25, -0.2) is 14.6 Å². The molecule has 1 unspecified atom stereocenters. The van der Waals surface area contributed by atoms with Crippen LogP contribution in [0.25, 0.3) is 34.0 Å². The highest BCUT2D eigenvalue weighted by atomic mass is 16.6. The van der Waals surface area contributed by atoms with Crippen molar-refractivity contribution in [1.29, 1.82) is 0 Å². The van der Waals surface area contributed by atoms with Crippen molar-refractivity contribution in [3.8, 4) is 34.0 Å². The van der Waals surface area contributed by atoms with Crippen molar-refractivity contribution >= 4 is 12.1 Å². The molecule has 3 aromatic heterocycles. The first kappa shape index (κ1) is 30.2. The summed E-state index contributed by atoms with van der Waals surface area (Å²) in [7, 11) is 1.69. The van der Waals surface area contributed by atoms with E-state index in [1.165, 1.54) is 15.5 Å². The minimum absolute atomic E-state index is 0.221. The third-order valence-corrected chi connectivity index (χ3v) is 6.35. The van der Waals surface area contributed by atoms with Gasteiger partial charge in [-0.15, -0.1) is 0 Å². The van der Waals surface area contributed by atoms with Gasteiger partial charge in [0.25, 0.3) is 5.56 Å². The lowest BCUT2D eigenvalue weighted by molar-refractivity contribution is -0.146. The largest absolute Gasteiger partial charge is 0.464 e. The fourth-order valence-electron chi connectivity index (χ4n) is 4.14. The molecule has 0 aliphatic rings. The van der Waals surface area contributed by atoms with Crippen LogP contribution in [0.2, 0.25) is 0 Å². The molecule has 0 saturated carbocycles. The molecule has 4 rings (SSSR count). The van der Waals surface area contributed by atoms with Crippen molar-refractivity contribution in [2.45, 2.75) is 59.7 Å². The molecule has 0 bridgehead atoms. The molecule has 1 atom stereocenters. The Hall–Kier alpha value is -4.80. The van der Waals surface area contributed by atoms with E-state index in [1.807, 2.05) is 52.0 Å². The summed E-state index contributed by atoms with van der Waals surface area (Å²) in [5.41, 5.74) is 3.71. The second-order valence-electron chi connectivity index (χ2n) is 10.9. The Bertz CT molecular complexity index is 1630. The van der Waals surface area contributed by atoms with Crippen molar-refractivity contribution < 1.29 is 23.6 Å². The molecule has 4 aromatic rings. The lowest BCUT2D eigenvalue weighted by atomic mass is 10.1. The highest BCUT2D eigenvalue weighted by molar-refractivity contribution is 5.74. The van der Waals surface area contributed by atoms with Gasteiger partial charge in [-0.3, -0.25) is 9.78 Å². The fraction of sp³-hybridized carbons (Fsp3) is 0.355. The van der Waals surface area contributed by atoms with Crippen LogP contribution in [0.5, 0.6) is 0 Å². The third-order valence-electron chi connectivity index (χ3n) is 6.35. The van der Waals surface area contributed by atoms with E-state index in [1.54, 1.807) is 45.4 Å². The second-order valence-corrected chi connectivity index (χ2v) is 10.9. The van der Waals surface area contributed by atoms with Gasteiger partial charge in [-0.05, 0) is 53.2 Å². The molecule has 0 aliphatic carbocycles. The summed E-state index contributed by atoms with van der Waals surface area (Å²) in [6.07, 6.45) is 2.78. The molecular weight excluding hydrogens is 538 g/mol. The van der Waals surface area contributed by atoms with E-state index in [2.05, 4.69) is 10.1 Å². The van der Waals surface area contributed by atoms with Gasteiger partial charge in [0.15, 0.2) is 5.76 Å². The molecular formula is C31H35N5O6.